The molecule has 3 unspecified atom stereocenters. The quantitative estimate of drug-likeness (QED) is 0.255. The number of benzene rings is 2. The van der Waals surface area contributed by atoms with Crippen molar-refractivity contribution in [3.8, 4) is 0 Å². The summed E-state index contributed by atoms with van der Waals surface area (Å²) >= 11 is 18.7. The van der Waals surface area contributed by atoms with E-state index >= 15 is 0 Å². The number of rotatable bonds is 7. The highest BCUT2D eigenvalue weighted by molar-refractivity contribution is 7.99. The van der Waals surface area contributed by atoms with Crippen LogP contribution in [0.25, 0.3) is 5.83 Å². The molecule has 2 aromatic carbocycles. The van der Waals surface area contributed by atoms with E-state index in [2.05, 4.69) is 5.32 Å². The maximum absolute atomic E-state index is 14.9. The summed E-state index contributed by atoms with van der Waals surface area (Å²) in [5.41, 5.74) is -3.65. The van der Waals surface area contributed by atoms with E-state index in [1.807, 2.05) is 0 Å². The first-order valence-corrected chi connectivity index (χ1v) is 12.5. The molecule has 1 N–H and O–H groups in total. The lowest BCUT2D eigenvalue weighted by atomic mass is 9.95. The van der Waals surface area contributed by atoms with Crippen LogP contribution >= 0.6 is 46.6 Å². The molecule has 2 rings (SSSR count). The highest BCUT2D eigenvalue weighted by Gasteiger charge is 2.41. The third-order valence-electron chi connectivity index (χ3n) is 5.31. The second-order valence-corrected chi connectivity index (χ2v) is 10.2. The Balaban J connectivity index is 2.55. The van der Waals surface area contributed by atoms with Crippen molar-refractivity contribution in [2.24, 2.45) is 0 Å². The highest BCUT2D eigenvalue weighted by atomic mass is 35.5. The largest absolute Gasteiger partial charge is 0.417 e. The van der Waals surface area contributed by atoms with Crippen LogP contribution in [0, 0.1) is 0 Å². The predicted octanol–water partition coefficient (Wildman–Crippen LogP) is 9.19. The summed E-state index contributed by atoms with van der Waals surface area (Å²) in [6, 6.07) is 2.99. The molecule has 0 fully saturated rings. The van der Waals surface area contributed by atoms with Crippen molar-refractivity contribution in [2.45, 2.75) is 43.4 Å². The lowest BCUT2D eigenvalue weighted by Gasteiger charge is -2.21. The molecular weight excluding hydrogens is 578 g/mol. The molecule has 0 saturated carbocycles. The molecular formula is C23H19Cl3F7NOS. The van der Waals surface area contributed by atoms with Gasteiger partial charge in [-0.15, -0.1) is 0 Å². The Morgan fingerprint density at radius 2 is 1.56 bits per heavy atom. The monoisotopic (exact) mass is 595 g/mol. The molecule has 2 aromatic rings. The second kappa shape index (κ2) is 11.8. The smallest absolute Gasteiger partial charge is 0.348 e. The number of hydrogen-bond donors (Lipinski definition) is 1. The SMILES string of the molecule is CSC(C)C(C)NC(=O)c1ccc(/C(F)=C/C(c2cc(Cl)c(Cl)c(Cl)c2)C(F)(F)F)cc1C(F)(F)F. The fraction of sp³-hybridized carbons (Fsp3) is 0.348. The average molecular weight is 597 g/mol. The van der Waals surface area contributed by atoms with Gasteiger partial charge in [-0.2, -0.15) is 38.1 Å². The predicted molar refractivity (Wildman–Crippen MR) is 131 cm³/mol. The van der Waals surface area contributed by atoms with Gasteiger partial charge in [0.15, 0.2) is 0 Å². The van der Waals surface area contributed by atoms with Crippen LogP contribution in [0.4, 0.5) is 30.7 Å². The van der Waals surface area contributed by atoms with Gasteiger partial charge in [0.25, 0.3) is 5.91 Å². The zero-order valence-corrected chi connectivity index (χ0v) is 21.9. The van der Waals surface area contributed by atoms with Crippen molar-refractivity contribution in [2.75, 3.05) is 6.26 Å². The first kappa shape index (κ1) is 30.6. The Labute approximate surface area is 222 Å². The Kier molecular flexibility index (Phi) is 10.1. The summed E-state index contributed by atoms with van der Waals surface area (Å²) in [5, 5.41) is 1.48. The van der Waals surface area contributed by atoms with Gasteiger partial charge in [0.05, 0.1) is 26.2 Å². The number of carbonyl (C=O) groups excluding carboxylic acids is 1. The van der Waals surface area contributed by atoms with Gasteiger partial charge in [0.2, 0.25) is 0 Å². The molecule has 0 saturated heterocycles. The third kappa shape index (κ3) is 7.46. The van der Waals surface area contributed by atoms with Crippen LogP contribution in [0.2, 0.25) is 15.1 Å². The van der Waals surface area contributed by atoms with Gasteiger partial charge in [0, 0.05) is 16.9 Å². The summed E-state index contributed by atoms with van der Waals surface area (Å²) in [6.45, 7) is 3.37. The van der Waals surface area contributed by atoms with E-state index in [0.29, 0.717) is 6.07 Å². The number of nitrogens with one attached hydrogen (secondary N) is 1. The number of amides is 1. The first-order chi connectivity index (χ1) is 16.5. The van der Waals surface area contributed by atoms with E-state index in [1.54, 1.807) is 20.1 Å². The molecule has 0 aromatic heterocycles. The highest BCUT2D eigenvalue weighted by Crippen LogP contribution is 2.42. The molecule has 36 heavy (non-hydrogen) atoms. The number of allylic oxidation sites excluding steroid dienone is 1. The average Bonchev–Trinajstić information content (AvgIpc) is 2.78. The summed E-state index contributed by atoms with van der Waals surface area (Å²) in [4.78, 5) is 12.5. The van der Waals surface area contributed by atoms with E-state index in [-0.39, 0.29) is 26.4 Å². The molecule has 0 aliphatic carbocycles. The van der Waals surface area contributed by atoms with E-state index in [4.69, 9.17) is 34.8 Å². The zero-order chi connectivity index (χ0) is 27.6. The van der Waals surface area contributed by atoms with Crippen LogP contribution in [0.1, 0.15) is 46.8 Å². The molecule has 0 aliphatic heterocycles. The van der Waals surface area contributed by atoms with Crippen LogP contribution in [0.5, 0.6) is 0 Å². The van der Waals surface area contributed by atoms with Crippen molar-refractivity contribution in [1.29, 1.82) is 0 Å². The molecule has 13 heteroatoms. The van der Waals surface area contributed by atoms with Gasteiger partial charge in [-0.3, -0.25) is 4.79 Å². The number of hydrogen-bond acceptors (Lipinski definition) is 2. The van der Waals surface area contributed by atoms with E-state index < -0.39 is 58.3 Å². The van der Waals surface area contributed by atoms with Crippen molar-refractivity contribution < 1.29 is 35.5 Å². The second-order valence-electron chi connectivity index (χ2n) is 7.79. The van der Waals surface area contributed by atoms with E-state index in [0.717, 1.165) is 24.3 Å². The minimum atomic E-state index is -5.09. The Morgan fingerprint density at radius 1 is 1.00 bits per heavy atom. The van der Waals surface area contributed by atoms with Crippen LogP contribution in [-0.4, -0.2) is 29.6 Å². The fourth-order valence-electron chi connectivity index (χ4n) is 3.11. The first-order valence-electron chi connectivity index (χ1n) is 10.1. The van der Waals surface area contributed by atoms with Crippen LogP contribution in [0.15, 0.2) is 36.4 Å². The Morgan fingerprint density at radius 3 is 2.03 bits per heavy atom. The minimum absolute atomic E-state index is 0.105. The Hall–Kier alpha value is -1.62. The van der Waals surface area contributed by atoms with E-state index in [1.165, 1.54) is 11.8 Å². The van der Waals surface area contributed by atoms with Gasteiger partial charge < -0.3 is 5.32 Å². The summed E-state index contributed by atoms with van der Waals surface area (Å²) in [6.07, 6.45) is -8.27. The van der Waals surface area contributed by atoms with Crippen LogP contribution < -0.4 is 5.32 Å². The molecule has 0 aliphatic rings. The van der Waals surface area contributed by atoms with Gasteiger partial charge in [-0.1, -0.05) is 47.8 Å². The van der Waals surface area contributed by atoms with Crippen LogP contribution in [0.3, 0.4) is 0 Å². The number of thioether (sulfide) groups is 1. The minimum Gasteiger partial charge on any atom is -0.348 e. The maximum Gasteiger partial charge on any atom is 0.417 e. The van der Waals surface area contributed by atoms with Crippen molar-refractivity contribution in [3.05, 3.63) is 73.7 Å². The van der Waals surface area contributed by atoms with Crippen molar-refractivity contribution in [1.82, 2.24) is 5.32 Å². The topological polar surface area (TPSA) is 29.1 Å². The summed E-state index contributed by atoms with van der Waals surface area (Å²) in [7, 11) is 0. The van der Waals surface area contributed by atoms with Gasteiger partial charge in [0.1, 0.15) is 11.7 Å². The molecule has 0 heterocycles. The van der Waals surface area contributed by atoms with Gasteiger partial charge in [-0.25, -0.2) is 4.39 Å². The summed E-state index contributed by atoms with van der Waals surface area (Å²) in [5.74, 6) is -5.25. The fourth-order valence-corrected chi connectivity index (χ4v) is 4.20. The lowest BCUT2D eigenvalue weighted by molar-refractivity contribution is -0.140. The normalized spacial score (nSPS) is 15.4. The molecule has 198 valence electrons. The number of halogens is 10. The standard InChI is InChI=1S/C23H19Cl3F7NOS/c1-10(11(2)36-3)34-21(35)14-5-4-12(6-16(14)23(31,32)33)19(27)9-15(22(28,29)30)13-7-17(24)20(26)18(25)8-13/h4-11,15H,1-3H3,(H,34,35)/b19-9-. The molecule has 3 atom stereocenters. The number of carbonyl (C=O) groups is 1. The van der Waals surface area contributed by atoms with Crippen LogP contribution in [-0.2, 0) is 6.18 Å². The Bertz CT molecular complexity index is 1130. The molecule has 1 amide bonds. The zero-order valence-electron chi connectivity index (χ0n) is 18.8. The van der Waals surface area contributed by atoms with Crippen molar-refractivity contribution in [3.63, 3.8) is 0 Å². The van der Waals surface area contributed by atoms with Gasteiger partial charge in [-0.05, 0) is 49.1 Å². The molecule has 0 spiro atoms. The maximum atomic E-state index is 14.9. The summed E-state index contributed by atoms with van der Waals surface area (Å²) < 4.78 is 97.3. The lowest BCUT2D eigenvalue weighted by Crippen LogP contribution is -2.39. The van der Waals surface area contributed by atoms with E-state index in [9.17, 15) is 35.5 Å². The molecule has 0 radical (unpaired) electrons. The number of alkyl halides is 6. The van der Waals surface area contributed by atoms with Crippen molar-refractivity contribution >= 4 is 58.3 Å². The molecule has 0 bridgehead atoms. The molecule has 2 nitrogen and oxygen atoms in total. The third-order valence-corrected chi connectivity index (χ3v) is 7.66. The van der Waals surface area contributed by atoms with Gasteiger partial charge >= 0.3 is 12.4 Å².